The van der Waals surface area contributed by atoms with Gasteiger partial charge in [-0.3, -0.25) is 0 Å². The van der Waals surface area contributed by atoms with E-state index < -0.39 is 16.1 Å². The van der Waals surface area contributed by atoms with Gasteiger partial charge in [0.2, 0.25) is 10.0 Å². The Balaban J connectivity index is 2.64. The van der Waals surface area contributed by atoms with Gasteiger partial charge in [-0.15, -0.1) is 6.58 Å². The first-order valence-electron chi connectivity index (χ1n) is 3.83. The second-order valence-corrected chi connectivity index (χ2v) is 4.88. The third-order valence-electron chi connectivity index (χ3n) is 1.85. The highest BCUT2D eigenvalue weighted by molar-refractivity contribution is 7.89. The second kappa shape index (κ2) is 3.55. The summed E-state index contributed by atoms with van der Waals surface area (Å²) in [6.45, 7) is 4.03. The van der Waals surface area contributed by atoms with Crippen LogP contribution in [-0.2, 0) is 10.0 Å². The third-order valence-corrected chi connectivity index (χ3v) is 3.62. The Morgan fingerprint density at radius 1 is 1.67 bits per heavy atom. The molecule has 1 saturated heterocycles. The summed E-state index contributed by atoms with van der Waals surface area (Å²) in [7, 11) is -3.19. The molecule has 1 atom stereocenters. The lowest BCUT2D eigenvalue weighted by molar-refractivity contribution is 0.189. The Labute approximate surface area is 72.5 Å². The molecular weight excluding hydrogens is 178 g/mol. The SMILES string of the molecule is C=CCS(=O)(=O)N1CC[C@H](O)C1. The summed E-state index contributed by atoms with van der Waals surface area (Å²) >= 11 is 0. The van der Waals surface area contributed by atoms with Gasteiger partial charge in [0, 0.05) is 13.1 Å². The summed E-state index contributed by atoms with van der Waals surface area (Å²) in [5.74, 6) is -0.0419. The van der Waals surface area contributed by atoms with Gasteiger partial charge in [-0.25, -0.2) is 8.42 Å². The Kier molecular flexibility index (Phi) is 2.87. The summed E-state index contributed by atoms with van der Waals surface area (Å²) < 4.78 is 23.9. The first-order valence-corrected chi connectivity index (χ1v) is 5.44. The molecule has 0 saturated carbocycles. The van der Waals surface area contributed by atoms with Crippen LogP contribution in [0.25, 0.3) is 0 Å². The van der Waals surface area contributed by atoms with Crippen molar-refractivity contribution in [3.8, 4) is 0 Å². The fourth-order valence-corrected chi connectivity index (χ4v) is 2.51. The average Bonchev–Trinajstić information content (AvgIpc) is 2.36. The maximum atomic E-state index is 11.3. The van der Waals surface area contributed by atoms with E-state index in [1.807, 2.05) is 0 Å². The maximum absolute atomic E-state index is 11.3. The van der Waals surface area contributed by atoms with Gasteiger partial charge in [0.05, 0.1) is 11.9 Å². The average molecular weight is 191 g/mol. The van der Waals surface area contributed by atoms with Gasteiger partial charge in [-0.2, -0.15) is 4.31 Å². The molecule has 1 aliphatic heterocycles. The molecule has 1 N–H and O–H groups in total. The molecule has 0 bridgehead atoms. The number of hydrogen-bond acceptors (Lipinski definition) is 3. The fourth-order valence-electron chi connectivity index (χ4n) is 1.22. The van der Waals surface area contributed by atoms with E-state index >= 15 is 0 Å². The van der Waals surface area contributed by atoms with E-state index in [0.717, 1.165) is 0 Å². The predicted octanol–water partition coefficient (Wildman–Crippen LogP) is -0.431. The number of rotatable bonds is 3. The third kappa shape index (κ3) is 2.06. The Hall–Kier alpha value is -0.390. The standard InChI is InChI=1S/C7H13NO3S/c1-2-5-12(10,11)8-4-3-7(9)6-8/h2,7,9H,1,3-6H2/t7-/m0/s1. The normalized spacial score (nSPS) is 25.9. The maximum Gasteiger partial charge on any atom is 0.217 e. The van der Waals surface area contributed by atoms with Crippen LogP contribution in [0, 0.1) is 0 Å². The molecule has 12 heavy (non-hydrogen) atoms. The quantitative estimate of drug-likeness (QED) is 0.616. The number of nitrogens with zero attached hydrogens (tertiary/aromatic N) is 1. The Bertz CT molecular complexity index is 260. The van der Waals surface area contributed by atoms with Crippen LogP contribution in [0.4, 0.5) is 0 Å². The van der Waals surface area contributed by atoms with Gasteiger partial charge in [-0.05, 0) is 6.42 Å². The van der Waals surface area contributed by atoms with Crippen molar-refractivity contribution in [2.45, 2.75) is 12.5 Å². The fraction of sp³-hybridized carbons (Fsp3) is 0.714. The number of aliphatic hydroxyl groups is 1. The molecular formula is C7H13NO3S. The van der Waals surface area contributed by atoms with Crippen molar-refractivity contribution in [1.82, 2.24) is 4.31 Å². The van der Waals surface area contributed by atoms with Gasteiger partial charge < -0.3 is 5.11 Å². The lowest BCUT2D eigenvalue weighted by atomic mass is 10.3. The van der Waals surface area contributed by atoms with Crippen LogP contribution < -0.4 is 0 Å². The van der Waals surface area contributed by atoms with E-state index in [9.17, 15) is 8.42 Å². The lowest BCUT2D eigenvalue weighted by Gasteiger charge is -2.13. The van der Waals surface area contributed by atoms with Crippen LogP contribution in [0.3, 0.4) is 0 Å². The van der Waals surface area contributed by atoms with Gasteiger partial charge >= 0.3 is 0 Å². The topological polar surface area (TPSA) is 57.6 Å². The second-order valence-electron chi connectivity index (χ2n) is 2.87. The highest BCUT2D eigenvalue weighted by atomic mass is 32.2. The Morgan fingerprint density at radius 2 is 2.33 bits per heavy atom. The van der Waals surface area contributed by atoms with Crippen LogP contribution in [-0.4, -0.2) is 42.8 Å². The largest absolute Gasteiger partial charge is 0.392 e. The van der Waals surface area contributed by atoms with Gasteiger partial charge in [0.1, 0.15) is 0 Å². The van der Waals surface area contributed by atoms with E-state index in [4.69, 9.17) is 5.11 Å². The van der Waals surface area contributed by atoms with E-state index in [0.29, 0.717) is 13.0 Å². The minimum Gasteiger partial charge on any atom is -0.392 e. The summed E-state index contributed by atoms with van der Waals surface area (Å²) in [5.41, 5.74) is 0. The van der Waals surface area contributed by atoms with E-state index in [1.165, 1.54) is 10.4 Å². The molecule has 1 fully saturated rings. The first-order chi connectivity index (χ1) is 5.56. The molecule has 0 amide bonds. The van der Waals surface area contributed by atoms with Crippen molar-refractivity contribution in [2.75, 3.05) is 18.8 Å². The van der Waals surface area contributed by atoms with Crippen LogP contribution in [0.2, 0.25) is 0 Å². The minimum atomic E-state index is -3.19. The zero-order chi connectivity index (χ0) is 9.19. The van der Waals surface area contributed by atoms with E-state index in [-0.39, 0.29) is 12.3 Å². The molecule has 0 spiro atoms. The van der Waals surface area contributed by atoms with Crippen molar-refractivity contribution in [1.29, 1.82) is 0 Å². The molecule has 0 aromatic carbocycles. The highest BCUT2D eigenvalue weighted by Gasteiger charge is 2.28. The van der Waals surface area contributed by atoms with E-state index in [1.54, 1.807) is 0 Å². The number of hydrogen-bond donors (Lipinski definition) is 1. The summed E-state index contributed by atoms with van der Waals surface area (Å²) in [6, 6.07) is 0. The van der Waals surface area contributed by atoms with Crippen molar-refractivity contribution >= 4 is 10.0 Å². The van der Waals surface area contributed by atoms with Crippen LogP contribution in [0.1, 0.15) is 6.42 Å². The smallest absolute Gasteiger partial charge is 0.217 e. The molecule has 0 aliphatic carbocycles. The highest BCUT2D eigenvalue weighted by Crippen LogP contribution is 2.13. The molecule has 1 heterocycles. The van der Waals surface area contributed by atoms with Crippen molar-refractivity contribution in [3.05, 3.63) is 12.7 Å². The molecule has 5 heteroatoms. The number of aliphatic hydroxyl groups excluding tert-OH is 1. The predicted molar refractivity (Wildman–Crippen MR) is 46.2 cm³/mol. The molecule has 70 valence electrons. The van der Waals surface area contributed by atoms with Gasteiger partial charge in [0.15, 0.2) is 0 Å². The molecule has 0 aromatic rings. The molecule has 1 rings (SSSR count). The zero-order valence-corrected chi connectivity index (χ0v) is 7.63. The lowest BCUT2D eigenvalue weighted by Crippen LogP contribution is -2.31. The van der Waals surface area contributed by atoms with Crippen LogP contribution in [0.15, 0.2) is 12.7 Å². The first kappa shape index (κ1) is 9.70. The molecule has 1 aliphatic rings. The summed E-state index contributed by atoms with van der Waals surface area (Å²) in [5, 5.41) is 9.10. The number of β-amino-alcohol motifs (C(OH)–C–C–N with tert-alkyl or cyclic N) is 1. The molecule has 0 radical (unpaired) electrons. The zero-order valence-electron chi connectivity index (χ0n) is 6.81. The summed E-state index contributed by atoms with van der Waals surface area (Å²) in [6.07, 6.45) is 1.40. The van der Waals surface area contributed by atoms with Gasteiger partial charge in [-0.1, -0.05) is 6.08 Å². The number of sulfonamides is 1. The van der Waals surface area contributed by atoms with Crippen molar-refractivity contribution < 1.29 is 13.5 Å². The Morgan fingerprint density at radius 3 is 2.75 bits per heavy atom. The molecule has 0 aromatic heterocycles. The minimum absolute atomic E-state index is 0.0419. The van der Waals surface area contributed by atoms with Crippen LogP contribution in [0.5, 0.6) is 0 Å². The van der Waals surface area contributed by atoms with E-state index in [2.05, 4.69) is 6.58 Å². The van der Waals surface area contributed by atoms with Crippen molar-refractivity contribution in [2.24, 2.45) is 0 Å². The summed E-state index contributed by atoms with van der Waals surface area (Å²) in [4.78, 5) is 0. The van der Waals surface area contributed by atoms with Crippen molar-refractivity contribution in [3.63, 3.8) is 0 Å². The van der Waals surface area contributed by atoms with Gasteiger partial charge in [0.25, 0.3) is 0 Å². The monoisotopic (exact) mass is 191 g/mol. The van der Waals surface area contributed by atoms with Crippen LogP contribution >= 0.6 is 0 Å². The molecule has 4 nitrogen and oxygen atoms in total. The molecule has 0 unspecified atom stereocenters.